The molecule has 4 atom stereocenters. The van der Waals surface area contributed by atoms with Gasteiger partial charge in [0.05, 0.1) is 23.9 Å². The summed E-state index contributed by atoms with van der Waals surface area (Å²) >= 11 is 0. The van der Waals surface area contributed by atoms with Crippen LogP contribution in [0, 0.1) is 11.8 Å². The van der Waals surface area contributed by atoms with Crippen LogP contribution in [-0.4, -0.2) is 23.9 Å². The molecule has 5 heterocycles. The summed E-state index contributed by atoms with van der Waals surface area (Å²) in [5, 5.41) is 5.68. The zero-order valence-corrected chi connectivity index (χ0v) is 7.44. The second kappa shape index (κ2) is 2.47. The van der Waals surface area contributed by atoms with Gasteiger partial charge in [-0.05, 0) is 0 Å². The van der Waals surface area contributed by atoms with Crippen LogP contribution in [0.5, 0.6) is 0 Å². The number of amides is 2. The molecule has 0 unspecified atom stereocenters. The molecule has 1 saturated heterocycles. The van der Waals surface area contributed by atoms with Gasteiger partial charge < -0.3 is 10.6 Å². The second-order valence-corrected chi connectivity index (χ2v) is 3.89. The van der Waals surface area contributed by atoms with Crippen molar-refractivity contribution in [2.24, 2.45) is 11.8 Å². The van der Waals surface area contributed by atoms with Crippen molar-refractivity contribution in [1.82, 2.24) is 10.6 Å². The predicted octanol–water partition coefficient (Wildman–Crippen LogP) is -0.658. The van der Waals surface area contributed by atoms with Gasteiger partial charge in [0, 0.05) is 0 Å². The number of carbonyl (C=O) groups is 2. The van der Waals surface area contributed by atoms with Crippen LogP contribution in [0.15, 0.2) is 24.3 Å². The SMILES string of the molecule is O=C1N[C@H]2C=C[C@H]1[C@H]1C=C[C@H]2C(=O)N1. The largest absolute Gasteiger partial charge is 0.348 e. The van der Waals surface area contributed by atoms with E-state index in [0.29, 0.717) is 0 Å². The Morgan fingerprint density at radius 3 is 1.57 bits per heavy atom. The van der Waals surface area contributed by atoms with Gasteiger partial charge in [-0.1, -0.05) is 24.3 Å². The zero-order chi connectivity index (χ0) is 9.71. The number of hydrogen-bond donors (Lipinski definition) is 2. The van der Waals surface area contributed by atoms with Crippen molar-refractivity contribution in [3.8, 4) is 0 Å². The van der Waals surface area contributed by atoms with E-state index in [-0.39, 0.29) is 35.7 Å². The molecule has 72 valence electrons. The van der Waals surface area contributed by atoms with Crippen LogP contribution >= 0.6 is 0 Å². The third kappa shape index (κ3) is 0.880. The fourth-order valence-corrected chi connectivity index (χ4v) is 2.26. The minimum atomic E-state index is -0.243. The first-order valence-corrected chi connectivity index (χ1v) is 4.73. The summed E-state index contributed by atoms with van der Waals surface area (Å²) in [6.45, 7) is 0. The summed E-state index contributed by atoms with van der Waals surface area (Å²) in [4.78, 5) is 23.2. The molecule has 14 heavy (non-hydrogen) atoms. The quantitative estimate of drug-likeness (QED) is 0.498. The summed E-state index contributed by atoms with van der Waals surface area (Å²) in [7, 11) is 0. The molecule has 6 rings (SSSR count). The van der Waals surface area contributed by atoms with Gasteiger partial charge in [0.25, 0.3) is 0 Å². The van der Waals surface area contributed by atoms with Crippen molar-refractivity contribution in [3.05, 3.63) is 24.3 Å². The third-order valence-electron chi connectivity index (χ3n) is 3.05. The lowest BCUT2D eigenvalue weighted by Crippen LogP contribution is -2.60. The van der Waals surface area contributed by atoms with E-state index in [1.54, 1.807) is 0 Å². The normalized spacial score (nSPS) is 43.1. The summed E-state index contributed by atoms with van der Waals surface area (Å²) < 4.78 is 0. The Labute approximate surface area is 81.0 Å². The molecule has 5 aliphatic heterocycles. The summed E-state index contributed by atoms with van der Waals surface area (Å²) in [6, 6.07) is -0.340. The van der Waals surface area contributed by atoms with Crippen LogP contribution in [-0.2, 0) is 9.59 Å². The molecular weight excluding hydrogens is 180 g/mol. The second-order valence-electron chi connectivity index (χ2n) is 3.89. The third-order valence-corrected chi connectivity index (χ3v) is 3.05. The highest BCUT2D eigenvalue weighted by atomic mass is 16.2. The molecule has 0 spiro atoms. The van der Waals surface area contributed by atoms with E-state index in [0.717, 1.165) is 0 Å². The van der Waals surface area contributed by atoms with Crippen LogP contribution in [0.25, 0.3) is 0 Å². The number of carbonyl (C=O) groups excluding carboxylic acids is 2. The lowest BCUT2D eigenvalue weighted by molar-refractivity contribution is -0.131. The average Bonchev–Trinajstić information content (AvgIpc) is 2.13. The lowest BCUT2D eigenvalue weighted by Gasteiger charge is -2.38. The number of hydrogen-bond acceptors (Lipinski definition) is 2. The Morgan fingerprint density at radius 1 is 0.786 bits per heavy atom. The molecule has 4 bridgehead atoms. The van der Waals surface area contributed by atoms with Gasteiger partial charge in [0.1, 0.15) is 0 Å². The molecule has 0 saturated carbocycles. The topological polar surface area (TPSA) is 58.2 Å². The smallest absolute Gasteiger partial charge is 0.229 e. The minimum Gasteiger partial charge on any atom is -0.348 e. The van der Waals surface area contributed by atoms with Gasteiger partial charge >= 0.3 is 0 Å². The fourth-order valence-electron chi connectivity index (χ4n) is 2.26. The first kappa shape index (κ1) is 7.79. The molecule has 4 heteroatoms. The Hall–Kier alpha value is -1.58. The van der Waals surface area contributed by atoms with Crippen molar-refractivity contribution in [2.45, 2.75) is 12.1 Å². The van der Waals surface area contributed by atoms with E-state index in [1.165, 1.54) is 0 Å². The highest BCUT2D eigenvalue weighted by Gasteiger charge is 2.41. The van der Waals surface area contributed by atoms with Crippen molar-refractivity contribution in [3.63, 3.8) is 0 Å². The molecule has 0 radical (unpaired) electrons. The van der Waals surface area contributed by atoms with E-state index in [2.05, 4.69) is 10.6 Å². The van der Waals surface area contributed by atoms with Crippen molar-refractivity contribution in [2.75, 3.05) is 0 Å². The van der Waals surface area contributed by atoms with Gasteiger partial charge in [0.15, 0.2) is 0 Å². The van der Waals surface area contributed by atoms with Gasteiger partial charge in [-0.3, -0.25) is 9.59 Å². The average molecular weight is 190 g/mol. The monoisotopic (exact) mass is 190 g/mol. The summed E-state index contributed by atoms with van der Waals surface area (Å²) in [5.74, 6) is -0.464. The standard InChI is InChI=1S/C10H10N2O2/c13-9-5-1-3-7(11-9)6-2-4-8(5)12-10(6)14/h1-8H,(H,11,13)(H,12,14)/t5-,6+,7-,8+. The molecule has 4 nitrogen and oxygen atoms in total. The minimum absolute atomic E-state index is 0.0110. The summed E-state index contributed by atoms with van der Waals surface area (Å²) in [6.07, 6.45) is 7.63. The number of rotatable bonds is 0. The van der Waals surface area contributed by atoms with Crippen molar-refractivity contribution < 1.29 is 9.59 Å². The maximum atomic E-state index is 11.6. The van der Waals surface area contributed by atoms with E-state index >= 15 is 0 Å². The molecule has 1 aliphatic carbocycles. The molecule has 2 N–H and O–H groups in total. The van der Waals surface area contributed by atoms with E-state index in [1.807, 2.05) is 24.3 Å². The molecule has 0 aromatic heterocycles. The van der Waals surface area contributed by atoms with Crippen LogP contribution in [0.2, 0.25) is 0 Å². The van der Waals surface area contributed by atoms with Crippen LogP contribution in [0.3, 0.4) is 0 Å². The van der Waals surface area contributed by atoms with Crippen LogP contribution in [0.1, 0.15) is 0 Å². The Kier molecular flexibility index (Phi) is 1.37. The Bertz CT molecular complexity index is 336. The van der Waals surface area contributed by atoms with Crippen molar-refractivity contribution >= 4 is 11.8 Å². The highest BCUT2D eigenvalue weighted by Crippen LogP contribution is 2.26. The van der Waals surface area contributed by atoms with Gasteiger partial charge in [-0.2, -0.15) is 0 Å². The molecule has 1 fully saturated rings. The van der Waals surface area contributed by atoms with E-state index in [9.17, 15) is 9.59 Å². The first-order valence-electron chi connectivity index (χ1n) is 4.73. The van der Waals surface area contributed by atoms with Gasteiger partial charge in [0.2, 0.25) is 11.8 Å². The molecule has 2 amide bonds. The fraction of sp³-hybridized carbons (Fsp3) is 0.400. The van der Waals surface area contributed by atoms with Crippen LogP contribution in [0.4, 0.5) is 0 Å². The predicted molar refractivity (Wildman–Crippen MR) is 49.1 cm³/mol. The number of nitrogens with one attached hydrogen (secondary N) is 2. The maximum absolute atomic E-state index is 11.6. The van der Waals surface area contributed by atoms with E-state index < -0.39 is 0 Å². The first-order chi connectivity index (χ1) is 6.75. The van der Waals surface area contributed by atoms with Gasteiger partial charge in [-0.25, -0.2) is 0 Å². The molecule has 0 aromatic carbocycles. The molecule has 6 aliphatic rings. The zero-order valence-electron chi connectivity index (χ0n) is 7.44. The van der Waals surface area contributed by atoms with Crippen molar-refractivity contribution in [1.29, 1.82) is 0 Å². The Balaban J connectivity index is 2.12. The molecular formula is C10H10N2O2. The maximum Gasteiger partial charge on any atom is 0.229 e. The van der Waals surface area contributed by atoms with Gasteiger partial charge in [-0.15, -0.1) is 0 Å². The molecule has 0 aromatic rings. The summed E-state index contributed by atoms with van der Waals surface area (Å²) in [5.41, 5.74) is 0. The Morgan fingerprint density at radius 2 is 1.21 bits per heavy atom. The highest BCUT2D eigenvalue weighted by molar-refractivity contribution is 5.91. The van der Waals surface area contributed by atoms with Crippen LogP contribution < -0.4 is 10.6 Å². The lowest BCUT2D eigenvalue weighted by atomic mass is 9.81. The van der Waals surface area contributed by atoms with E-state index in [4.69, 9.17) is 0 Å².